The maximum atomic E-state index is 4.34. The van der Waals surface area contributed by atoms with E-state index in [9.17, 15) is 0 Å². The van der Waals surface area contributed by atoms with Gasteiger partial charge in [-0.1, -0.05) is 41.1 Å². The molecule has 0 spiro atoms. The molecule has 0 bridgehead atoms. The van der Waals surface area contributed by atoms with E-state index >= 15 is 0 Å². The fourth-order valence-corrected chi connectivity index (χ4v) is 2.75. The second kappa shape index (κ2) is 7.55. The van der Waals surface area contributed by atoms with Gasteiger partial charge in [0.05, 0.1) is 0 Å². The molecule has 1 atom stereocenters. The minimum absolute atomic E-state index is 0.511. The highest BCUT2D eigenvalue weighted by atomic mass is 79.9. The van der Waals surface area contributed by atoms with Gasteiger partial charge in [-0.2, -0.15) is 5.10 Å². The van der Waals surface area contributed by atoms with Crippen LogP contribution in [0.5, 0.6) is 0 Å². The maximum Gasteiger partial charge on any atom is 0.138 e. The van der Waals surface area contributed by atoms with Crippen molar-refractivity contribution in [2.75, 3.05) is 13.1 Å². The average molecular weight is 337 g/mol. The van der Waals surface area contributed by atoms with Crippen LogP contribution in [0.2, 0.25) is 0 Å². The molecule has 2 rings (SSSR count). The lowest BCUT2D eigenvalue weighted by atomic mass is 9.95. The van der Waals surface area contributed by atoms with Gasteiger partial charge < -0.3 is 5.32 Å². The normalized spacial score (nSPS) is 12.6. The van der Waals surface area contributed by atoms with Gasteiger partial charge >= 0.3 is 0 Å². The van der Waals surface area contributed by atoms with Gasteiger partial charge in [0.25, 0.3) is 0 Å². The van der Waals surface area contributed by atoms with Crippen LogP contribution in [0.4, 0.5) is 0 Å². The second-order valence-electron chi connectivity index (χ2n) is 4.97. The summed E-state index contributed by atoms with van der Waals surface area (Å²) in [5, 5.41) is 7.60. The minimum atomic E-state index is 0.511. The summed E-state index contributed by atoms with van der Waals surface area (Å²) in [5.74, 6) is 1.55. The number of nitrogens with one attached hydrogen (secondary N) is 1. The van der Waals surface area contributed by atoms with Crippen molar-refractivity contribution in [1.82, 2.24) is 20.1 Å². The minimum Gasteiger partial charge on any atom is -0.317 e. The first-order valence-electron chi connectivity index (χ1n) is 6.97. The van der Waals surface area contributed by atoms with Crippen LogP contribution in [0, 0.1) is 5.92 Å². The van der Waals surface area contributed by atoms with Crippen LogP contribution >= 0.6 is 15.9 Å². The molecular formula is C15H21BrN4. The summed E-state index contributed by atoms with van der Waals surface area (Å²) in [7, 11) is 1.95. The third kappa shape index (κ3) is 4.15. The van der Waals surface area contributed by atoms with Gasteiger partial charge in [-0.3, -0.25) is 4.68 Å². The molecule has 1 heterocycles. The van der Waals surface area contributed by atoms with E-state index in [0.29, 0.717) is 5.92 Å². The maximum absolute atomic E-state index is 4.34. The molecule has 1 unspecified atom stereocenters. The molecule has 0 saturated carbocycles. The Morgan fingerprint density at radius 3 is 2.75 bits per heavy atom. The van der Waals surface area contributed by atoms with Gasteiger partial charge in [0.1, 0.15) is 12.2 Å². The monoisotopic (exact) mass is 336 g/mol. The molecule has 1 N–H and O–H groups in total. The highest BCUT2D eigenvalue weighted by molar-refractivity contribution is 9.10. The van der Waals surface area contributed by atoms with Crippen molar-refractivity contribution in [3.8, 4) is 0 Å². The third-order valence-corrected chi connectivity index (χ3v) is 4.20. The van der Waals surface area contributed by atoms with Gasteiger partial charge in [-0.25, -0.2) is 4.98 Å². The molecule has 0 saturated heterocycles. The summed E-state index contributed by atoms with van der Waals surface area (Å²) < 4.78 is 3.04. The van der Waals surface area contributed by atoms with Gasteiger partial charge in [-0.05, 0) is 37.1 Å². The van der Waals surface area contributed by atoms with Crippen molar-refractivity contribution in [1.29, 1.82) is 0 Å². The number of halogens is 1. The fraction of sp³-hybridized carbons (Fsp3) is 0.467. The molecule has 0 aliphatic heterocycles. The number of hydrogen-bond acceptors (Lipinski definition) is 3. The van der Waals surface area contributed by atoms with Crippen molar-refractivity contribution in [3.05, 3.63) is 46.5 Å². The Morgan fingerprint density at radius 1 is 1.30 bits per heavy atom. The van der Waals surface area contributed by atoms with Crippen LogP contribution in [-0.2, 0) is 19.9 Å². The first-order chi connectivity index (χ1) is 9.70. The molecule has 0 aliphatic carbocycles. The molecule has 0 radical (unpaired) electrons. The number of aryl methyl sites for hydroxylation is 1. The lowest BCUT2D eigenvalue weighted by Gasteiger charge is -2.17. The van der Waals surface area contributed by atoms with Crippen LogP contribution in [0.25, 0.3) is 0 Å². The Kier molecular flexibility index (Phi) is 5.73. The lowest BCUT2D eigenvalue weighted by molar-refractivity contribution is 0.458. The fourth-order valence-electron chi connectivity index (χ4n) is 2.30. The number of rotatable bonds is 7. The van der Waals surface area contributed by atoms with Crippen LogP contribution < -0.4 is 5.32 Å². The van der Waals surface area contributed by atoms with Gasteiger partial charge in [0.2, 0.25) is 0 Å². The van der Waals surface area contributed by atoms with Crippen LogP contribution in [-0.4, -0.2) is 27.9 Å². The topological polar surface area (TPSA) is 42.7 Å². The molecule has 5 heteroatoms. The zero-order valence-electron chi connectivity index (χ0n) is 12.0. The predicted molar refractivity (Wildman–Crippen MR) is 84.6 cm³/mol. The largest absolute Gasteiger partial charge is 0.317 e. The van der Waals surface area contributed by atoms with E-state index in [-0.39, 0.29) is 0 Å². The van der Waals surface area contributed by atoms with Crippen molar-refractivity contribution >= 4 is 15.9 Å². The summed E-state index contributed by atoms with van der Waals surface area (Å²) >= 11 is 3.63. The Balaban J connectivity index is 2.07. The summed E-state index contributed by atoms with van der Waals surface area (Å²) in [6, 6.07) is 8.42. The smallest absolute Gasteiger partial charge is 0.138 e. The Morgan fingerprint density at radius 2 is 2.10 bits per heavy atom. The van der Waals surface area contributed by atoms with E-state index in [2.05, 4.69) is 62.5 Å². The van der Waals surface area contributed by atoms with Crippen LogP contribution in [0.3, 0.4) is 0 Å². The highest BCUT2D eigenvalue weighted by Gasteiger charge is 2.14. The number of benzene rings is 1. The quantitative estimate of drug-likeness (QED) is 0.845. The van der Waals surface area contributed by atoms with E-state index in [1.807, 2.05) is 11.7 Å². The van der Waals surface area contributed by atoms with Crippen molar-refractivity contribution < 1.29 is 0 Å². The Hall–Kier alpha value is -1.20. The van der Waals surface area contributed by atoms with Gasteiger partial charge in [0, 0.05) is 17.9 Å². The molecule has 1 aromatic carbocycles. The second-order valence-corrected chi connectivity index (χ2v) is 5.83. The van der Waals surface area contributed by atoms with Gasteiger partial charge in [-0.15, -0.1) is 0 Å². The summed E-state index contributed by atoms with van der Waals surface area (Å²) in [6.07, 6.45) is 3.59. The van der Waals surface area contributed by atoms with Crippen molar-refractivity contribution in [2.24, 2.45) is 13.0 Å². The number of hydrogen-bond donors (Lipinski definition) is 1. The average Bonchev–Trinajstić information content (AvgIpc) is 2.84. The SMILES string of the molecule is CCNCC(Cc1ccccc1Br)Cc1ncnn1C. The summed E-state index contributed by atoms with van der Waals surface area (Å²) in [5.41, 5.74) is 1.34. The van der Waals surface area contributed by atoms with E-state index in [4.69, 9.17) is 0 Å². The molecule has 108 valence electrons. The standard InChI is InChI=1S/C15H21BrN4/c1-3-17-10-12(9-15-18-11-19-20(15)2)8-13-6-4-5-7-14(13)16/h4-7,11-12,17H,3,8-10H2,1-2H3. The third-order valence-electron chi connectivity index (χ3n) is 3.43. The first kappa shape index (κ1) is 15.2. The van der Waals surface area contributed by atoms with E-state index < -0.39 is 0 Å². The zero-order chi connectivity index (χ0) is 14.4. The molecule has 2 aromatic rings. The molecule has 0 aliphatic rings. The van der Waals surface area contributed by atoms with Crippen LogP contribution in [0.1, 0.15) is 18.3 Å². The van der Waals surface area contributed by atoms with Crippen molar-refractivity contribution in [3.63, 3.8) is 0 Å². The van der Waals surface area contributed by atoms with E-state index in [0.717, 1.165) is 31.8 Å². The lowest BCUT2D eigenvalue weighted by Crippen LogP contribution is -2.26. The zero-order valence-corrected chi connectivity index (χ0v) is 13.6. The Labute approximate surface area is 128 Å². The van der Waals surface area contributed by atoms with Crippen LogP contribution in [0.15, 0.2) is 35.1 Å². The van der Waals surface area contributed by atoms with Crippen molar-refractivity contribution in [2.45, 2.75) is 19.8 Å². The predicted octanol–water partition coefficient (Wildman–Crippen LogP) is 2.59. The molecule has 0 amide bonds. The Bertz CT molecular complexity index is 538. The first-order valence-corrected chi connectivity index (χ1v) is 7.77. The van der Waals surface area contributed by atoms with E-state index in [1.165, 1.54) is 10.0 Å². The van der Waals surface area contributed by atoms with E-state index in [1.54, 1.807) is 6.33 Å². The molecule has 20 heavy (non-hydrogen) atoms. The van der Waals surface area contributed by atoms with Gasteiger partial charge in [0.15, 0.2) is 0 Å². The number of nitrogens with zero attached hydrogens (tertiary/aromatic N) is 3. The summed E-state index contributed by atoms with van der Waals surface area (Å²) in [6.45, 7) is 4.12. The molecule has 0 fully saturated rings. The molecule has 4 nitrogen and oxygen atoms in total. The molecular weight excluding hydrogens is 316 g/mol. The summed E-state index contributed by atoms with van der Waals surface area (Å²) in [4.78, 5) is 4.34. The molecule has 1 aromatic heterocycles. The number of aromatic nitrogens is 3. The highest BCUT2D eigenvalue weighted by Crippen LogP contribution is 2.21.